The van der Waals surface area contributed by atoms with Gasteiger partial charge in [0.15, 0.2) is 0 Å². The molecule has 1 atom stereocenters. The van der Waals surface area contributed by atoms with Gasteiger partial charge >= 0.3 is 0 Å². The van der Waals surface area contributed by atoms with Crippen molar-refractivity contribution in [1.29, 1.82) is 0 Å². The third kappa shape index (κ3) is 3.35. The summed E-state index contributed by atoms with van der Waals surface area (Å²) in [6, 6.07) is 2.67. The van der Waals surface area contributed by atoms with E-state index in [-0.39, 0.29) is 0 Å². The Labute approximate surface area is 116 Å². The van der Waals surface area contributed by atoms with Crippen molar-refractivity contribution in [3.8, 4) is 0 Å². The summed E-state index contributed by atoms with van der Waals surface area (Å²) >= 11 is 0. The molecule has 1 aromatic rings. The highest BCUT2D eigenvalue weighted by molar-refractivity contribution is 5.43. The summed E-state index contributed by atoms with van der Waals surface area (Å²) in [6.45, 7) is 11.8. The van der Waals surface area contributed by atoms with Crippen LogP contribution in [-0.2, 0) is 0 Å². The molecule has 19 heavy (non-hydrogen) atoms. The summed E-state index contributed by atoms with van der Waals surface area (Å²) in [4.78, 5) is 13.7. The Morgan fingerprint density at radius 2 is 2.16 bits per heavy atom. The molecule has 1 aliphatic rings. The average Bonchev–Trinajstić information content (AvgIpc) is 2.91. The molecule has 0 aromatic carbocycles. The lowest BCUT2D eigenvalue weighted by Crippen LogP contribution is -2.37. The molecule has 0 spiro atoms. The third-order valence-electron chi connectivity index (χ3n) is 3.79. The molecule has 0 amide bonds. The van der Waals surface area contributed by atoms with Crippen molar-refractivity contribution in [2.24, 2.45) is 0 Å². The molecule has 1 aliphatic heterocycles. The quantitative estimate of drug-likeness (QED) is 0.848. The van der Waals surface area contributed by atoms with E-state index in [1.807, 2.05) is 12.3 Å². The normalized spacial score (nSPS) is 19.2. The van der Waals surface area contributed by atoms with Gasteiger partial charge in [0.1, 0.15) is 5.82 Å². The molecular weight excluding hydrogens is 238 g/mol. The zero-order chi connectivity index (χ0) is 13.7. The Morgan fingerprint density at radius 1 is 1.37 bits per heavy atom. The van der Waals surface area contributed by atoms with Crippen LogP contribution in [0.25, 0.3) is 0 Å². The van der Waals surface area contributed by atoms with Gasteiger partial charge in [-0.15, -0.1) is 0 Å². The fraction of sp³-hybridized carbons (Fsp3) is 0.714. The minimum Gasteiger partial charge on any atom is -0.355 e. The van der Waals surface area contributed by atoms with Crippen molar-refractivity contribution >= 4 is 11.8 Å². The number of nitrogens with zero attached hydrogens (tertiary/aromatic N) is 4. The molecule has 5 nitrogen and oxygen atoms in total. The van der Waals surface area contributed by atoms with E-state index in [4.69, 9.17) is 0 Å². The molecule has 1 unspecified atom stereocenters. The first-order chi connectivity index (χ1) is 9.28. The van der Waals surface area contributed by atoms with Gasteiger partial charge in [-0.25, -0.2) is 4.98 Å². The second-order valence-electron chi connectivity index (χ2n) is 4.88. The molecule has 5 heteroatoms. The Kier molecular flexibility index (Phi) is 4.96. The Balaban J connectivity index is 2.02. The van der Waals surface area contributed by atoms with E-state index in [0.717, 1.165) is 44.5 Å². The van der Waals surface area contributed by atoms with Crippen molar-refractivity contribution in [3.05, 3.63) is 12.3 Å². The number of nitrogens with one attached hydrogen (secondary N) is 1. The van der Waals surface area contributed by atoms with Crippen LogP contribution in [0.5, 0.6) is 0 Å². The van der Waals surface area contributed by atoms with Crippen LogP contribution in [0, 0.1) is 0 Å². The molecule has 1 saturated heterocycles. The topological polar surface area (TPSA) is 44.3 Å². The number of hydrogen-bond donors (Lipinski definition) is 1. The first-order valence-electron chi connectivity index (χ1n) is 7.34. The van der Waals surface area contributed by atoms with E-state index < -0.39 is 0 Å². The van der Waals surface area contributed by atoms with Gasteiger partial charge in [0.05, 0.1) is 0 Å². The van der Waals surface area contributed by atoms with E-state index in [1.165, 1.54) is 6.42 Å². The lowest BCUT2D eigenvalue weighted by atomic mass is 10.2. The van der Waals surface area contributed by atoms with E-state index in [0.29, 0.717) is 6.04 Å². The van der Waals surface area contributed by atoms with E-state index in [9.17, 15) is 0 Å². The number of anilines is 2. The van der Waals surface area contributed by atoms with Gasteiger partial charge in [0, 0.05) is 31.9 Å². The smallest absolute Gasteiger partial charge is 0.224 e. The highest BCUT2D eigenvalue weighted by Gasteiger charge is 2.26. The van der Waals surface area contributed by atoms with Crippen molar-refractivity contribution < 1.29 is 0 Å². The van der Waals surface area contributed by atoms with Crippen LogP contribution in [0.15, 0.2) is 12.3 Å². The van der Waals surface area contributed by atoms with E-state index in [2.05, 4.69) is 45.9 Å². The van der Waals surface area contributed by atoms with Crippen LogP contribution in [0.1, 0.15) is 27.2 Å². The van der Waals surface area contributed by atoms with Gasteiger partial charge in [-0.05, 0) is 32.5 Å². The van der Waals surface area contributed by atoms with Crippen LogP contribution in [0.4, 0.5) is 11.8 Å². The number of rotatable bonds is 6. The molecule has 2 heterocycles. The van der Waals surface area contributed by atoms with Crippen LogP contribution in [-0.4, -0.2) is 53.6 Å². The van der Waals surface area contributed by atoms with Gasteiger partial charge in [0.2, 0.25) is 5.95 Å². The summed E-state index contributed by atoms with van der Waals surface area (Å²) in [5, 5.41) is 3.17. The number of hydrogen-bond acceptors (Lipinski definition) is 5. The monoisotopic (exact) mass is 263 g/mol. The van der Waals surface area contributed by atoms with Crippen LogP contribution in [0.3, 0.4) is 0 Å². The zero-order valence-corrected chi connectivity index (χ0v) is 12.3. The standard InChI is InChI=1S/C14H25N5/c1-4-15-14-16-9-7-13(17-14)19-10-8-12(11-19)18(5-2)6-3/h7,9,12H,4-6,8,10-11H2,1-3H3,(H,15,16,17). The summed E-state index contributed by atoms with van der Waals surface area (Å²) in [5.74, 6) is 1.77. The minimum atomic E-state index is 0.660. The van der Waals surface area contributed by atoms with Crippen molar-refractivity contribution in [2.75, 3.05) is 42.9 Å². The molecule has 0 radical (unpaired) electrons. The van der Waals surface area contributed by atoms with E-state index >= 15 is 0 Å². The lowest BCUT2D eigenvalue weighted by molar-refractivity contribution is 0.232. The van der Waals surface area contributed by atoms with Crippen LogP contribution in [0.2, 0.25) is 0 Å². The maximum atomic E-state index is 4.58. The molecule has 1 N–H and O–H groups in total. The second-order valence-corrected chi connectivity index (χ2v) is 4.88. The number of aromatic nitrogens is 2. The van der Waals surface area contributed by atoms with Crippen molar-refractivity contribution in [1.82, 2.24) is 14.9 Å². The zero-order valence-electron chi connectivity index (χ0n) is 12.3. The second kappa shape index (κ2) is 6.70. The average molecular weight is 263 g/mol. The van der Waals surface area contributed by atoms with Gasteiger partial charge in [0.25, 0.3) is 0 Å². The largest absolute Gasteiger partial charge is 0.355 e. The fourth-order valence-electron chi connectivity index (χ4n) is 2.76. The highest BCUT2D eigenvalue weighted by Crippen LogP contribution is 2.21. The molecule has 0 aliphatic carbocycles. The fourth-order valence-corrected chi connectivity index (χ4v) is 2.76. The first kappa shape index (κ1) is 14.1. The Morgan fingerprint density at radius 3 is 2.84 bits per heavy atom. The molecule has 2 rings (SSSR count). The summed E-state index contributed by atoms with van der Waals surface area (Å²) < 4.78 is 0. The maximum Gasteiger partial charge on any atom is 0.224 e. The maximum absolute atomic E-state index is 4.58. The molecule has 1 aromatic heterocycles. The van der Waals surface area contributed by atoms with Crippen LogP contribution >= 0.6 is 0 Å². The molecule has 1 fully saturated rings. The third-order valence-corrected chi connectivity index (χ3v) is 3.79. The molecule has 0 bridgehead atoms. The number of likely N-dealkylation sites (N-methyl/N-ethyl adjacent to an activating group) is 1. The van der Waals surface area contributed by atoms with Crippen molar-refractivity contribution in [2.45, 2.75) is 33.2 Å². The summed E-state index contributed by atoms with van der Waals surface area (Å²) in [7, 11) is 0. The molecule has 106 valence electrons. The van der Waals surface area contributed by atoms with Gasteiger partial charge in [-0.2, -0.15) is 4.98 Å². The Hall–Kier alpha value is -1.36. The highest BCUT2D eigenvalue weighted by atomic mass is 15.3. The van der Waals surface area contributed by atoms with Crippen molar-refractivity contribution in [3.63, 3.8) is 0 Å². The first-order valence-corrected chi connectivity index (χ1v) is 7.34. The minimum absolute atomic E-state index is 0.660. The van der Waals surface area contributed by atoms with Gasteiger partial charge in [-0.3, -0.25) is 4.90 Å². The predicted octanol–water partition coefficient (Wildman–Crippen LogP) is 1.83. The van der Waals surface area contributed by atoms with Gasteiger partial charge in [-0.1, -0.05) is 13.8 Å². The van der Waals surface area contributed by atoms with E-state index in [1.54, 1.807) is 0 Å². The Bertz CT molecular complexity index is 391. The summed E-state index contributed by atoms with van der Waals surface area (Å²) in [6.07, 6.45) is 3.06. The summed E-state index contributed by atoms with van der Waals surface area (Å²) in [5.41, 5.74) is 0. The van der Waals surface area contributed by atoms with Crippen LogP contribution < -0.4 is 10.2 Å². The predicted molar refractivity (Wildman–Crippen MR) is 79.7 cm³/mol. The molecular formula is C14H25N5. The SMILES string of the molecule is CCNc1nccc(N2CCC(N(CC)CC)C2)n1. The lowest BCUT2D eigenvalue weighted by Gasteiger charge is -2.26. The molecule has 0 saturated carbocycles. The van der Waals surface area contributed by atoms with Gasteiger partial charge < -0.3 is 10.2 Å².